The molecule has 0 aliphatic carbocycles. The SMILES string of the molecule is CC(C(=O)N1C[C@@H](N)[C@H](c2ccccc2)C1)c1cccs1. The number of carbonyl (C=O) groups excluding carboxylic acids is 1. The summed E-state index contributed by atoms with van der Waals surface area (Å²) in [5.74, 6) is 0.351. The fourth-order valence-electron chi connectivity index (χ4n) is 3.00. The van der Waals surface area contributed by atoms with Crippen molar-refractivity contribution in [1.82, 2.24) is 4.90 Å². The molecular formula is C17H20N2OS. The maximum absolute atomic E-state index is 12.6. The molecule has 21 heavy (non-hydrogen) atoms. The largest absolute Gasteiger partial charge is 0.340 e. The Labute approximate surface area is 129 Å². The Hall–Kier alpha value is -1.65. The Bertz CT molecular complexity index is 597. The van der Waals surface area contributed by atoms with Crippen molar-refractivity contribution in [2.45, 2.75) is 24.8 Å². The summed E-state index contributed by atoms with van der Waals surface area (Å²) < 4.78 is 0. The van der Waals surface area contributed by atoms with Crippen molar-refractivity contribution < 1.29 is 4.79 Å². The van der Waals surface area contributed by atoms with Gasteiger partial charge in [-0.2, -0.15) is 0 Å². The molecule has 0 radical (unpaired) electrons. The number of likely N-dealkylation sites (tertiary alicyclic amines) is 1. The normalized spacial score (nSPS) is 23.2. The number of hydrogen-bond acceptors (Lipinski definition) is 3. The number of nitrogens with two attached hydrogens (primary N) is 1. The quantitative estimate of drug-likeness (QED) is 0.947. The zero-order chi connectivity index (χ0) is 14.8. The van der Waals surface area contributed by atoms with Gasteiger partial charge in [-0.1, -0.05) is 36.4 Å². The smallest absolute Gasteiger partial charge is 0.230 e. The van der Waals surface area contributed by atoms with Crippen LogP contribution in [0.4, 0.5) is 0 Å². The zero-order valence-electron chi connectivity index (χ0n) is 12.1. The van der Waals surface area contributed by atoms with E-state index in [0.717, 1.165) is 11.4 Å². The Morgan fingerprint density at radius 2 is 2.00 bits per heavy atom. The number of hydrogen-bond donors (Lipinski definition) is 1. The van der Waals surface area contributed by atoms with E-state index in [2.05, 4.69) is 12.1 Å². The first-order chi connectivity index (χ1) is 10.2. The lowest BCUT2D eigenvalue weighted by molar-refractivity contribution is -0.131. The lowest BCUT2D eigenvalue weighted by atomic mass is 9.95. The van der Waals surface area contributed by atoms with Gasteiger partial charge >= 0.3 is 0 Å². The van der Waals surface area contributed by atoms with Crippen LogP contribution in [-0.2, 0) is 4.79 Å². The molecule has 1 aliphatic heterocycles. The Morgan fingerprint density at radius 3 is 2.67 bits per heavy atom. The number of nitrogens with zero attached hydrogens (tertiary/aromatic N) is 1. The van der Waals surface area contributed by atoms with Crippen molar-refractivity contribution in [2.24, 2.45) is 5.73 Å². The van der Waals surface area contributed by atoms with E-state index in [1.54, 1.807) is 11.3 Å². The van der Waals surface area contributed by atoms with Gasteiger partial charge in [-0.15, -0.1) is 11.3 Å². The second kappa shape index (κ2) is 6.00. The van der Waals surface area contributed by atoms with Crippen LogP contribution in [0.2, 0.25) is 0 Å². The van der Waals surface area contributed by atoms with E-state index < -0.39 is 0 Å². The summed E-state index contributed by atoms with van der Waals surface area (Å²) in [6, 6.07) is 14.3. The summed E-state index contributed by atoms with van der Waals surface area (Å²) >= 11 is 1.64. The first-order valence-corrected chi connectivity index (χ1v) is 8.17. The molecule has 3 rings (SSSR count). The molecule has 3 nitrogen and oxygen atoms in total. The topological polar surface area (TPSA) is 46.3 Å². The minimum absolute atomic E-state index is 0.0203. The summed E-state index contributed by atoms with van der Waals surface area (Å²) in [7, 11) is 0. The van der Waals surface area contributed by atoms with Crippen LogP contribution in [0.15, 0.2) is 47.8 Å². The summed E-state index contributed by atoms with van der Waals surface area (Å²) in [5, 5.41) is 2.02. The van der Waals surface area contributed by atoms with Crippen LogP contribution in [0.1, 0.15) is 29.2 Å². The van der Waals surface area contributed by atoms with Crippen LogP contribution in [0.5, 0.6) is 0 Å². The average molecular weight is 300 g/mol. The van der Waals surface area contributed by atoms with E-state index in [4.69, 9.17) is 5.73 Å². The molecule has 1 aliphatic rings. The second-order valence-corrected chi connectivity index (χ2v) is 6.64. The summed E-state index contributed by atoms with van der Waals surface area (Å²) in [4.78, 5) is 15.7. The van der Waals surface area contributed by atoms with Crippen LogP contribution in [0, 0.1) is 0 Å². The lowest BCUT2D eigenvalue weighted by Crippen LogP contribution is -2.34. The van der Waals surface area contributed by atoms with Crippen LogP contribution in [-0.4, -0.2) is 29.9 Å². The maximum Gasteiger partial charge on any atom is 0.230 e. The molecule has 1 fully saturated rings. The van der Waals surface area contributed by atoms with Gasteiger partial charge in [-0.3, -0.25) is 4.79 Å². The number of benzene rings is 1. The third-order valence-corrected chi connectivity index (χ3v) is 5.30. The first-order valence-electron chi connectivity index (χ1n) is 7.29. The van der Waals surface area contributed by atoms with E-state index >= 15 is 0 Å². The van der Waals surface area contributed by atoms with Crippen molar-refractivity contribution >= 4 is 17.2 Å². The molecule has 1 aromatic heterocycles. The molecular weight excluding hydrogens is 280 g/mol. The van der Waals surface area contributed by atoms with E-state index in [-0.39, 0.29) is 23.8 Å². The van der Waals surface area contributed by atoms with Crippen molar-refractivity contribution in [1.29, 1.82) is 0 Å². The third kappa shape index (κ3) is 2.87. The fourth-order valence-corrected chi connectivity index (χ4v) is 3.77. The van der Waals surface area contributed by atoms with Crippen LogP contribution in [0.25, 0.3) is 0 Å². The van der Waals surface area contributed by atoms with Gasteiger partial charge in [-0.05, 0) is 23.9 Å². The van der Waals surface area contributed by atoms with Crippen molar-refractivity contribution in [3.8, 4) is 0 Å². The van der Waals surface area contributed by atoms with Gasteiger partial charge in [0.2, 0.25) is 5.91 Å². The maximum atomic E-state index is 12.6. The summed E-state index contributed by atoms with van der Waals surface area (Å²) in [6.45, 7) is 3.35. The second-order valence-electron chi connectivity index (χ2n) is 5.66. The van der Waals surface area contributed by atoms with Crippen LogP contribution >= 0.6 is 11.3 Å². The number of carbonyl (C=O) groups is 1. The fraction of sp³-hybridized carbons (Fsp3) is 0.353. The molecule has 0 spiro atoms. The van der Waals surface area contributed by atoms with E-state index in [0.29, 0.717) is 6.54 Å². The predicted octanol–water partition coefficient (Wildman–Crippen LogP) is 2.80. The molecule has 1 saturated heterocycles. The van der Waals surface area contributed by atoms with Crippen molar-refractivity contribution in [3.05, 3.63) is 58.3 Å². The highest BCUT2D eigenvalue weighted by Crippen LogP contribution is 2.30. The highest BCUT2D eigenvalue weighted by molar-refractivity contribution is 7.10. The Balaban J connectivity index is 1.72. The van der Waals surface area contributed by atoms with E-state index in [9.17, 15) is 4.79 Å². The number of rotatable bonds is 3. The molecule has 1 aromatic carbocycles. The average Bonchev–Trinajstić information content (AvgIpc) is 3.16. The Morgan fingerprint density at radius 1 is 1.24 bits per heavy atom. The van der Waals surface area contributed by atoms with Gasteiger partial charge in [0.05, 0.1) is 5.92 Å². The van der Waals surface area contributed by atoms with Gasteiger partial charge in [-0.25, -0.2) is 0 Å². The molecule has 0 bridgehead atoms. The minimum atomic E-state index is -0.0771. The standard InChI is InChI=1S/C17H20N2OS/c1-12(16-8-5-9-21-16)17(20)19-10-14(15(18)11-19)13-6-3-2-4-7-13/h2-9,12,14-15H,10-11,18H2,1H3/t12?,14-,15+/m0/s1. The molecule has 0 saturated carbocycles. The summed E-state index contributed by atoms with van der Waals surface area (Å²) in [5.41, 5.74) is 7.49. The first kappa shape index (κ1) is 14.3. The van der Waals surface area contributed by atoms with Gasteiger partial charge < -0.3 is 10.6 Å². The van der Waals surface area contributed by atoms with Crippen LogP contribution < -0.4 is 5.73 Å². The van der Waals surface area contributed by atoms with Gasteiger partial charge in [0.1, 0.15) is 0 Å². The van der Waals surface area contributed by atoms with Gasteiger partial charge in [0.15, 0.2) is 0 Å². The lowest BCUT2D eigenvalue weighted by Gasteiger charge is -2.20. The highest BCUT2D eigenvalue weighted by Gasteiger charge is 2.35. The van der Waals surface area contributed by atoms with Gasteiger partial charge in [0.25, 0.3) is 0 Å². The van der Waals surface area contributed by atoms with Gasteiger partial charge in [0, 0.05) is 29.9 Å². The predicted molar refractivity (Wildman–Crippen MR) is 86.5 cm³/mol. The molecule has 1 amide bonds. The molecule has 1 unspecified atom stereocenters. The number of thiophene rings is 1. The molecule has 2 N–H and O–H groups in total. The molecule has 110 valence electrons. The molecule has 4 heteroatoms. The van der Waals surface area contributed by atoms with Crippen molar-refractivity contribution in [2.75, 3.05) is 13.1 Å². The van der Waals surface area contributed by atoms with Crippen molar-refractivity contribution in [3.63, 3.8) is 0 Å². The minimum Gasteiger partial charge on any atom is -0.340 e. The highest BCUT2D eigenvalue weighted by atomic mass is 32.1. The van der Waals surface area contributed by atoms with Crippen LogP contribution in [0.3, 0.4) is 0 Å². The molecule has 2 heterocycles. The monoisotopic (exact) mass is 300 g/mol. The molecule has 2 aromatic rings. The Kier molecular flexibility index (Phi) is 4.08. The number of amides is 1. The summed E-state index contributed by atoms with van der Waals surface area (Å²) in [6.07, 6.45) is 0. The third-order valence-electron chi connectivity index (χ3n) is 4.24. The zero-order valence-corrected chi connectivity index (χ0v) is 12.9. The van der Waals surface area contributed by atoms with E-state index in [1.807, 2.05) is 47.5 Å². The molecule has 3 atom stereocenters. The van der Waals surface area contributed by atoms with E-state index in [1.165, 1.54) is 5.56 Å².